The lowest BCUT2D eigenvalue weighted by Gasteiger charge is -2.11. The lowest BCUT2D eigenvalue weighted by Crippen LogP contribution is -2.16. The summed E-state index contributed by atoms with van der Waals surface area (Å²) in [6, 6.07) is 6.72. The van der Waals surface area contributed by atoms with Crippen LogP contribution < -0.4 is 9.47 Å². The fourth-order valence-electron chi connectivity index (χ4n) is 1.54. The van der Waals surface area contributed by atoms with Crippen LogP contribution in [-0.4, -0.2) is 11.9 Å². The smallest absolute Gasteiger partial charge is 0.313 e. The van der Waals surface area contributed by atoms with Crippen LogP contribution in [0.2, 0.25) is 0 Å². The van der Waals surface area contributed by atoms with Gasteiger partial charge in [-0.25, -0.2) is 0 Å². The van der Waals surface area contributed by atoms with Gasteiger partial charge in [-0.15, -0.1) is 0 Å². The van der Waals surface area contributed by atoms with Crippen molar-refractivity contribution in [2.24, 2.45) is 5.92 Å². The van der Waals surface area contributed by atoms with Crippen molar-refractivity contribution in [1.82, 2.24) is 0 Å². The molecule has 0 aliphatic heterocycles. The topological polar surface area (TPSA) is 52.6 Å². The van der Waals surface area contributed by atoms with Gasteiger partial charge in [-0.2, -0.15) is 0 Å². The summed E-state index contributed by atoms with van der Waals surface area (Å²) in [5, 5.41) is 0. The van der Waals surface area contributed by atoms with Crippen LogP contribution in [0.3, 0.4) is 0 Å². The zero-order valence-electron chi connectivity index (χ0n) is 12.3. The number of esters is 2. The zero-order valence-corrected chi connectivity index (χ0v) is 12.3. The van der Waals surface area contributed by atoms with Gasteiger partial charge in [-0.3, -0.25) is 9.59 Å². The number of benzene rings is 1. The van der Waals surface area contributed by atoms with E-state index in [0.717, 1.165) is 19.3 Å². The summed E-state index contributed by atoms with van der Waals surface area (Å²) in [6.07, 6.45) is 3.23. The molecular weight excluding hydrogens is 256 g/mol. The van der Waals surface area contributed by atoms with Gasteiger partial charge >= 0.3 is 11.9 Å². The van der Waals surface area contributed by atoms with Crippen LogP contribution in [0.4, 0.5) is 0 Å². The Hall–Kier alpha value is -1.84. The van der Waals surface area contributed by atoms with E-state index in [9.17, 15) is 9.59 Å². The number of rotatable bonds is 7. The van der Waals surface area contributed by atoms with E-state index in [1.807, 2.05) is 0 Å². The van der Waals surface area contributed by atoms with E-state index in [1.54, 1.807) is 38.1 Å². The first-order valence-electron chi connectivity index (χ1n) is 7.06. The van der Waals surface area contributed by atoms with E-state index < -0.39 is 0 Å². The summed E-state index contributed by atoms with van der Waals surface area (Å²) in [5.74, 6) is -0.299. The van der Waals surface area contributed by atoms with Gasteiger partial charge < -0.3 is 9.47 Å². The highest BCUT2D eigenvalue weighted by Crippen LogP contribution is 2.27. The Balaban J connectivity index is 2.65. The lowest BCUT2D eigenvalue weighted by atomic mass is 10.2. The van der Waals surface area contributed by atoms with Crippen molar-refractivity contribution >= 4 is 11.9 Å². The predicted molar refractivity (Wildman–Crippen MR) is 76.7 cm³/mol. The Morgan fingerprint density at radius 3 is 2.20 bits per heavy atom. The third-order valence-electron chi connectivity index (χ3n) is 2.74. The Morgan fingerprint density at radius 2 is 1.65 bits per heavy atom. The molecule has 1 aromatic rings. The van der Waals surface area contributed by atoms with Crippen LogP contribution in [0.1, 0.15) is 46.5 Å². The van der Waals surface area contributed by atoms with Gasteiger partial charge in [-0.05, 0) is 18.6 Å². The first-order valence-corrected chi connectivity index (χ1v) is 7.06. The van der Waals surface area contributed by atoms with Gasteiger partial charge in [0.25, 0.3) is 0 Å². The molecule has 1 aromatic carbocycles. The van der Waals surface area contributed by atoms with E-state index in [-0.39, 0.29) is 23.6 Å². The van der Waals surface area contributed by atoms with Crippen molar-refractivity contribution < 1.29 is 19.1 Å². The van der Waals surface area contributed by atoms with Crippen molar-refractivity contribution in [3.05, 3.63) is 24.3 Å². The quantitative estimate of drug-likeness (QED) is 0.433. The van der Waals surface area contributed by atoms with E-state index >= 15 is 0 Å². The maximum absolute atomic E-state index is 11.7. The Bertz CT molecular complexity index is 452. The summed E-state index contributed by atoms with van der Waals surface area (Å²) in [6.45, 7) is 5.58. The molecule has 0 aliphatic carbocycles. The number of hydrogen-bond acceptors (Lipinski definition) is 4. The highest BCUT2D eigenvalue weighted by molar-refractivity contribution is 5.77. The van der Waals surface area contributed by atoms with Crippen molar-refractivity contribution in [1.29, 1.82) is 0 Å². The number of hydrogen-bond donors (Lipinski definition) is 0. The number of carbonyl (C=O) groups is 2. The summed E-state index contributed by atoms with van der Waals surface area (Å²) in [7, 11) is 0. The number of carbonyl (C=O) groups excluding carboxylic acids is 2. The molecule has 4 nitrogen and oxygen atoms in total. The van der Waals surface area contributed by atoms with Gasteiger partial charge in [0.2, 0.25) is 0 Å². The molecule has 0 spiro atoms. The second-order valence-electron chi connectivity index (χ2n) is 4.95. The van der Waals surface area contributed by atoms with Crippen LogP contribution in [0, 0.1) is 5.92 Å². The molecule has 0 radical (unpaired) electrons. The summed E-state index contributed by atoms with van der Waals surface area (Å²) in [4.78, 5) is 23.3. The van der Waals surface area contributed by atoms with Crippen LogP contribution in [0.5, 0.6) is 11.5 Å². The third-order valence-corrected chi connectivity index (χ3v) is 2.74. The zero-order chi connectivity index (χ0) is 15.0. The monoisotopic (exact) mass is 278 g/mol. The van der Waals surface area contributed by atoms with Crippen LogP contribution in [0.15, 0.2) is 24.3 Å². The molecule has 110 valence electrons. The molecule has 20 heavy (non-hydrogen) atoms. The van der Waals surface area contributed by atoms with Crippen LogP contribution in [0.25, 0.3) is 0 Å². The lowest BCUT2D eigenvalue weighted by molar-refractivity contribution is -0.139. The van der Waals surface area contributed by atoms with Crippen LogP contribution >= 0.6 is 0 Å². The molecule has 0 aromatic heterocycles. The predicted octanol–water partition coefficient (Wildman–Crippen LogP) is 3.73. The van der Waals surface area contributed by atoms with Gasteiger partial charge in [0.05, 0.1) is 5.92 Å². The molecule has 0 N–H and O–H groups in total. The second-order valence-corrected chi connectivity index (χ2v) is 4.95. The highest BCUT2D eigenvalue weighted by Gasteiger charge is 2.15. The van der Waals surface area contributed by atoms with E-state index in [4.69, 9.17) is 9.47 Å². The summed E-state index contributed by atoms with van der Waals surface area (Å²) >= 11 is 0. The van der Waals surface area contributed by atoms with Crippen molar-refractivity contribution in [3.63, 3.8) is 0 Å². The van der Waals surface area contributed by atoms with E-state index in [1.165, 1.54) is 0 Å². The SMILES string of the molecule is CCCCCC(=O)Oc1ccccc1OC(=O)C(C)C. The maximum Gasteiger partial charge on any atom is 0.313 e. The minimum Gasteiger partial charge on any atom is -0.423 e. The standard InChI is InChI=1S/C16H22O4/c1-4-5-6-11-15(17)19-13-9-7-8-10-14(13)20-16(18)12(2)3/h7-10,12H,4-6,11H2,1-3H3. The Labute approximate surface area is 120 Å². The summed E-state index contributed by atoms with van der Waals surface area (Å²) < 4.78 is 10.5. The molecule has 0 unspecified atom stereocenters. The van der Waals surface area contributed by atoms with Crippen LogP contribution in [-0.2, 0) is 9.59 Å². The molecule has 0 fully saturated rings. The minimum atomic E-state index is -0.348. The van der Waals surface area contributed by atoms with Crippen molar-refractivity contribution in [3.8, 4) is 11.5 Å². The normalized spacial score (nSPS) is 10.4. The van der Waals surface area contributed by atoms with Gasteiger partial charge in [0.1, 0.15) is 0 Å². The maximum atomic E-state index is 11.7. The van der Waals surface area contributed by atoms with E-state index in [2.05, 4.69) is 6.92 Å². The molecule has 0 aliphatic rings. The second kappa shape index (κ2) is 8.35. The largest absolute Gasteiger partial charge is 0.423 e. The molecular formula is C16H22O4. The molecule has 0 saturated heterocycles. The first-order chi connectivity index (χ1) is 9.54. The Kier molecular flexibility index (Phi) is 6.77. The van der Waals surface area contributed by atoms with E-state index in [0.29, 0.717) is 12.2 Å². The third kappa shape index (κ3) is 5.43. The summed E-state index contributed by atoms with van der Waals surface area (Å²) in [5.41, 5.74) is 0. The molecule has 0 atom stereocenters. The number of para-hydroxylation sites is 2. The number of unbranched alkanes of at least 4 members (excludes halogenated alkanes) is 2. The van der Waals surface area contributed by atoms with Gasteiger partial charge in [-0.1, -0.05) is 45.7 Å². The van der Waals surface area contributed by atoms with Crippen molar-refractivity contribution in [2.45, 2.75) is 46.5 Å². The molecule has 0 saturated carbocycles. The minimum absolute atomic E-state index is 0.233. The fraction of sp³-hybridized carbons (Fsp3) is 0.500. The molecule has 0 amide bonds. The molecule has 4 heteroatoms. The average molecular weight is 278 g/mol. The van der Waals surface area contributed by atoms with Gasteiger partial charge in [0.15, 0.2) is 11.5 Å². The Morgan fingerprint density at radius 1 is 1.05 bits per heavy atom. The highest BCUT2D eigenvalue weighted by atomic mass is 16.6. The average Bonchev–Trinajstić information content (AvgIpc) is 2.41. The fourth-order valence-corrected chi connectivity index (χ4v) is 1.54. The first kappa shape index (κ1) is 16.2. The van der Waals surface area contributed by atoms with Gasteiger partial charge in [0, 0.05) is 6.42 Å². The van der Waals surface area contributed by atoms with Crippen molar-refractivity contribution in [2.75, 3.05) is 0 Å². The molecule has 0 bridgehead atoms. The number of ether oxygens (including phenoxy) is 2. The molecule has 0 heterocycles. The molecule has 1 rings (SSSR count).